The average Bonchev–Trinajstić information content (AvgIpc) is 3.25. The molecule has 0 amide bonds. The van der Waals surface area contributed by atoms with E-state index in [9.17, 15) is 61.0 Å². The maximum atomic E-state index is 14.7. The molecule has 8 aliphatic rings. The van der Waals surface area contributed by atoms with Gasteiger partial charge in [-0.3, -0.25) is 4.79 Å². The summed E-state index contributed by atoms with van der Waals surface area (Å²) in [6.07, 6.45) is -15.0. The molecule has 24 atom stereocenters. The number of hydrogen-bond donors (Lipinski definition) is 11. The van der Waals surface area contributed by atoms with Crippen molar-refractivity contribution in [1.29, 1.82) is 0 Å². The molecule has 372 valence electrons. The van der Waals surface area contributed by atoms with Gasteiger partial charge in [-0.15, -0.1) is 0 Å². The minimum absolute atomic E-state index is 0.0652. The third-order valence-electron chi connectivity index (χ3n) is 19.0. The first-order chi connectivity index (χ1) is 30.3. The van der Waals surface area contributed by atoms with E-state index in [1.165, 1.54) is 6.92 Å². The number of rotatable bonds is 8. The van der Waals surface area contributed by atoms with E-state index in [1.807, 2.05) is 6.92 Å². The molecule has 0 unspecified atom stereocenters. The quantitative estimate of drug-likeness (QED) is 0.0850. The molecule has 8 rings (SSSR count). The highest BCUT2D eigenvalue weighted by Gasteiger charge is 2.72. The summed E-state index contributed by atoms with van der Waals surface area (Å²) < 4.78 is 35.9. The van der Waals surface area contributed by atoms with Gasteiger partial charge in [0.2, 0.25) is 6.29 Å². The van der Waals surface area contributed by atoms with Gasteiger partial charge >= 0.3 is 5.97 Å². The van der Waals surface area contributed by atoms with Crippen LogP contribution in [0, 0.1) is 50.2 Å². The SMILES string of the molecule is C[C@@H]1O[C@@H](O[C@H]2[C@H](O[C@H]3CC[C@@]4(C)[C@@H](CC[C@]5(C)[C@@H]4CC=C4[C@@H]6CC(C)(C)CC[C@]6(C(=O)O[C@@H]6O[C@H](CO)[C@@H](O)[C@H](O)[C@H]6O)[C@H](O)C[C@]45C)[C@]3(C)CO)OC[C@H](O)[C@@H]2O)[C@H](O)[C@H](O)[C@H]1O. The fraction of sp³-hybridized carbons (Fsp3) is 0.936. The van der Waals surface area contributed by atoms with Crippen molar-refractivity contribution >= 4 is 5.97 Å². The van der Waals surface area contributed by atoms with Crippen LogP contribution in [-0.4, -0.2) is 180 Å². The zero-order valence-corrected chi connectivity index (χ0v) is 38.8. The van der Waals surface area contributed by atoms with Crippen LogP contribution in [-0.2, 0) is 33.2 Å². The Morgan fingerprint density at radius 1 is 0.723 bits per heavy atom. The number of ether oxygens (including phenoxy) is 6. The predicted molar refractivity (Wildman–Crippen MR) is 226 cm³/mol. The van der Waals surface area contributed by atoms with E-state index >= 15 is 0 Å². The number of carbonyl (C=O) groups is 1. The number of aliphatic hydroxyl groups excluding tert-OH is 11. The van der Waals surface area contributed by atoms with Crippen LogP contribution >= 0.6 is 0 Å². The Labute approximate surface area is 380 Å². The molecule has 3 heterocycles. The van der Waals surface area contributed by atoms with E-state index in [-0.39, 0.29) is 47.7 Å². The molecule has 65 heavy (non-hydrogen) atoms. The predicted octanol–water partition coefficient (Wildman–Crippen LogP) is -0.250. The fourth-order valence-corrected chi connectivity index (χ4v) is 14.8. The first kappa shape index (κ1) is 50.0. The second-order valence-corrected chi connectivity index (χ2v) is 22.9. The molecule has 11 N–H and O–H groups in total. The molecule has 3 aliphatic heterocycles. The monoisotopic (exact) mass is 929 g/mol. The molecule has 0 bridgehead atoms. The van der Waals surface area contributed by atoms with Crippen LogP contribution < -0.4 is 0 Å². The summed E-state index contributed by atoms with van der Waals surface area (Å²) in [5.41, 5.74) is -2.58. The highest BCUT2D eigenvalue weighted by Crippen LogP contribution is 2.76. The number of esters is 1. The van der Waals surface area contributed by atoms with Gasteiger partial charge in [0.05, 0.1) is 38.1 Å². The molecule has 18 nitrogen and oxygen atoms in total. The fourth-order valence-electron chi connectivity index (χ4n) is 14.8. The summed E-state index contributed by atoms with van der Waals surface area (Å²) >= 11 is 0. The lowest BCUT2D eigenvalue weighted by molar-refractivity contribution is -0.365. The number of fused-ring (bicyclic) bond motifs is 7. The third-order valence-corrected chi connectivity index (χ3v) is 19.0. The first-order valence-electron chi connectivity index (χ1n) is 23.8. The van der Waals surface area contributed by atoms with Crippen molar-refractivity contribution in [3.63, 3.8) is 0 Å². The zero-order valence-electron chi connectivity index (χ0n) is 38.8. The van der Waals surface area contributed by atoms with Crippen molar-refractivity contribution in [1.82, 2.24) is 0 Å². The number of carbonyl (C=O) groups excluding carboxylic acids is 1. The molecular weight excluding hydrogens is 852 g/mol. The van der Waals surface area contributed by atoms with Gasteiger partial charge in [0.15, 0.2) is 12.6 Å². The molecule has 7 fully saturated rings. The summed E-state index contributed by atoms with van der Waals surface area (Å²) in [5, 5.41) is 119. The molecule has 3 saturated heterocycles. The van der Waals surface area contributed by atoms with E-state index < -0.39 is 133 Å². The van der Waals surface area contributed by atoms with Gasteiger partial charge < -0.3 is 84.6 Å². The first-order valence-corrected chi connectivity index (χ1v) is 23.8. The van der Waals surface area contributed by atoms with Crippen LogP contribution in [0.5, 0.6) is 0 Å². The van der Waals surface area contributed by atoms with Crippen molar-refractivity contribution in [2.75, 3.05) is 19.8 Å². The standard InChI is InChI=1S/C47H76O18/c1-21-30(52)33(55)35(57)38(61-21)64-37-31(53)24(50)19-60-40(37)63-29-11-12-43(4)26(44(29,5)20-49)10-13-45(6)27(43)9-8-22-23-16-42(2,3)14-15-47(23,28(51)17-46(22,45)7)41(59)65-39-36(58)34(56)32(54)25(18-48)62-39/h8,21,23-40,48-58H,9-20H2,1-7H3/t21-,23-,24-,25+,26+,27+,28+,29-,30-,31-,32+,33+,34-,35+,36+,37+,38-,39-,40-,43-,44-,45+,46+,47+/m0/s1. The highest BCUT2D eigenvalue weighted by atomic mass is 16.8. The Morgan fingerprint density at radius 2 is 1.40 bits per heavy atom. The van der Waals surface area contributed by atoms with E-state index in [2.05, 4.69) is 40.7 Å². The smallest absolute Gasteiger partial charge is 0.317 e. The molecule has 0 aromatic carbocycles. The van der Waals surface area contributed by atoms with Crippen molar-refractivity contribution < 1.29 is 89.4 Å². The van der Waals surface area contributed by atoms with Gasteiger partial charge in [-0.1, -0.05) is 53.2 Å². The second kappa shape index (κ2) is 17.5. The van der Waals surface area contributed by atoms with Crippen LogP contribution in [0.3, 0.4) is 0 Å². The highest BCUT2D eigenvalue weighted by molar-refractivity contribution is 5.80. The van der Waals surface area contributed by atoms with E-state index in [0.717, 1.165) is 12.0 Å². The lowest BCUT2D eigenvalue weighted by Gasteiger charge is -2.72. The van der Waals surface area contributed by atoms with Gasteiger partial charge in [0.1, 0.15) is 66.5 Å². The Morgan fingerprint density at radius 3 is 2.08 bits per heavy atom. The van der Waals surface area contributed by atoms with Crippen molar-refractivity contribution in [3.05, 3.63) is 11.6 Å². The van der Waals surface area contributed by atoms with Gasteiger partial charge in [0, 0.05) is 5.41 Å². The molecule has 5 aliphatic carbocycles. The summed E-state index contributed by atoms with van der Waals surface area (Å²) in [7, 11) is 0. The Bertz CT molecular complexity index is 1780. The zero-order chi connectivity index (χ0) is 47.6. The van der Waals surface area contributed by atoms with Crippen molar-refractivity contribution in [2.45, 2.75) is 204 Å². The molecule has 18 heteroatoms. The van der Waals surface area contributed by atoms with Crippen LogP contribution in [0.15, 0.2) is 11.6 Å². The molecule has 4 saturated carbocycles. The van der Waals surface area contributed by atoms with E-state index in [0.29, 0.717) is 44.9 Å². The maximum absolute atomic E-state index is 14.7. The number of allylic oxidation sites excluding steroid dienone is 2. The molecule has 0 aromatic rings. The Hall–Kier alpha value is -1.43. The summed E-state index contributed by atoms with van der Waals surface area (Å²) in [5.74, 6) is -1.16. The van der Waals surface area contributed by atoms with Crippen LogP contribution in [0.4, 0.5) is 0 Å². The third kappa shape index (κ3) is 7.62. The van der Waals surface area contributed by atoms with Crippen molar-refractivity contribution in [2.24, 2.45) is 50.2 Å². The summed E-state index contributed by atoms with van der Waals surface area (Å²) in [6.45, 7) is 13.5. The second-order valence-electron chi connectivity index (χ2n) is 22.9. The van der Waals surface area contributed by atoms with Crippen LogP contribution in [0.25, 0.3) is 0 Å². The summed E-state index contributed by atoms with van der Waals surface area (Å²) in [4.78, 5) is 14.7. The van der Waals surface area contributed by atoms with Gasteiger partial charge in [-0.2, -0.15) is 0 Å². The Balaban J connectivity index is 1.06. The number of hydrogen-bond acceptors (Lipinski definition) is 18. The normalized spacial score (nSPS) is 55.4. The molecular formula is C47H76O18. The summed E-state index contributed by atoms with van der Waals surface area (Å²) in [6, 6.07) is 0. The largest absolute Gasteiger partial charge is 0.432 e. The van der Waals surface area contributed by atoms with Gasteiger partial charge in [0.25, 0.3) is 0 Å². The molecule has 0 aromatic heterocycles. The van der Waals surface area contributed by atoms with Gasteiger partial charge in [-0.25, -0.2) is 0 Å². The average molecular weight is 929 g/mol. The van der Waals surface area contributed by atoms with Crippen LogP contribution in [0.2, 0.25) is 0 Å². The van der Waals surface area contributed by atoms with E-state index in [4.69, 9.17) is 28.4 Å². The Kier molecular flexibility index (Phi) is 13.4. The minimum Gasteiger partial charge on any atom is -0.432 e. The lowest BCUT2D eigenvalue weighted by Crippen LogP contribution is -2.69. The van der Waals surface area contributed by atoms with Crippen LogP contribution in [0.1, 0.15) is 106 Å². The maximum Gasteiger partial charge on any atom is 0.317 e. The number of aliphatic hydroxyl groups is 11. The molecule has 0 spiro atoms. The van der Waals surface area contributed by atoms with Gasteiger partial charge in [-0.05, 0) is 104 Å². The lowest BCUT2D eigenvalue weighted by atomic mass is 9.33. The minimum atomic E-state index is -1.78. The molecule has 0 radical (unpaired) electrons. The van der Waals surface area contributed by atoms with E-state index in [1.54, 1.807) is 0 Å². The van der Waals surface area contributed by atoms with Crippen molar-refractivity contribution in [3.8, 4) is 0 Å². The topological polar surface area (TPSA) is 295 Å².